The molecule has 1 aromatic carbocycles. The van der Waals surface area contributed by atoms with Gasteiger partial charge in [-0.2, -0.15) is 4.37 Å². The summed E-state index contributed by atoms with van der Waals surface area (Å²) in [4.78, 5) is 26.0. The van der Waals surface area contributed by atoms with E-state index in [2.05, 4.69) is 19.9 Å². The molecule has 176 valence electrons. The van der Waals surface area contributed by atoms with Crippen LogP contribution in [0.25, 0.3) is 0 Å². The molecule has 0 aliphatic heterocycles. The number of unbranched alkanes of at least 4 members (excludes halogenated alkanes) is 3. The molecule has 2 aromatic rings. The number of aryl methyl sites for hydroxylation is 2. The van der Waals surface area contributed by atoms with E-state index in [1.165, 1.54) is 6.07 Å². The number of urea groups is 1. The molecule has 0 saturated heterocycles. The second kappa shape index (κ2) is 12.4. The number of amides is 2. The van der Waals surface area contributed by atoms with Crippen molar-refractivity contribution in [3.63, 3.8) is 0 Å². The largest absolute Gasteiger partial charge is 0.477 e. The van der Waals surface area contributed by atoms with Crippen molar-refractivity contribution in [1.29, 1.82) is 0 Å². The molecule has 0 spiro atoms. The lowest BCUT2D eigenvalue weighted by molar-refractivity contribution is 0.0693. The average Bonchev–Trinajstić information content (AvgIpc) is 3.08. The van der Waals surface area contributed by atoms with Crippen LogP contribution in [-0.2, 0) is 6.61 Å². The highest BCUT2D eigenvalue weighted by atomic mass is 32.1. The van der Waals surface area contributed by atoms with Gasteiger partial charge in [0.25, 0.3) is 0 Å². The number of rotatable bonds is 12. The van der Waals surface area contributed by atoms with E-state index in [0.717, 1.165) is 49.3 Å². The predicted octanol–water partition coefficient (Wildman–Crippen LogP) is 4.42. The lowest BCUT2D eigenvalue weighted by Crippen LogP contribution is -2.29. The zero-order valence-corrected chi connectivity index (χ0v) is 19.8. The van der Waals surface area contributed by atoms with Crippen LogP contribution in [0.15, 0.2) is 12.1 Å². The fourth-order valence-electron chi connectivity index (χ4n) is 3.17. The van der Waals surface area contributed by atoms with Crippen molar-refractivity contribution in [3.8, 4) is 5.88 Å². The summed E-state index contributed by atoms with van der Waals surface area (Å²) in [6, 6.07) is 2.71. The van der Waals surface area contributed by atoms with Crippen molar-refractivity contribution in [1.82, 2.24) is 14.6 Å². The second-order valence-electron chi connectivity index (χ2n) is 7.93. The molecule has 1 aromatic heterocycles. The molecule has 2 amide bonds. The number of anilines is 1. The van der Waals surface area contributed by atoms with Crippen molar-refractivity contribution >= 4 is 28.5 Å². The molecular weight excluding hydrogens is 435 g/mol. The number of carbonyl (C=O) groups excluding carboxylic acids is 1. The number of halogens is 1. The number of carboxylic acids is 1. The minimum Gasteiger partial charge on any atom is -0.477 e. The smallest absolute Gasteiger partial charge is 0.344 e. The number of nitrogens with one attached hydrogen (secondary N) is 2. The normalized spacial score (nSPS) is 10.9. The number of aromatic carboxylic acids is 1. The zero-order valence-electron chi connectivity index (χ0n) is 19.0. The molecule has 3 N–H and O–H groups in total. The number of hydrogen-bond donors (Lipinski definition) is 3. The third kappa shape index (κ3) is 7.76. The lowest BCUT2D eigenvalue weighted by atomic mass is 10.1. The molecule has 10 heteroatoms. The van der Waals surface area contributed by atoms with Crippen LogP contribution >= 0.6 is 11.5 Å². The highest BCUT2D eigenvalue weighted by Crippen LogP contribution is 2.31. The van der Waals surface area contributed by atoms with Crippen molar-refractivity contribution in [2.24, 2.45) is 0 Å². The van der Waals surface area contributed by atoms with Crippen LogP contribution in [0.4, 0.5) is 14.2 Å². The Bertz CT molecular complexity index is 910. The Morgan fingerprint density at radius 3 is 2.56 bits per heavy atom. The first-order valence-corrected chi connectivity index (χ1v) is 11.3. The number of nitrogens with zero attached hydrogens (tertiary/aromatic N) is 2. The summed E-state index contributed by atoms with van der Waals surface area (Å²) in [5.74, 6) is -1.86. The molecule has 2 rings (SSSR count). The summed E-state index contributed by atoms with van der Waals surface area (Å²) < 4.78 is 23.7. The van der Waals surface area contributed by atoms with Crippen LogP contribution < -0.4 is 15.4 Å². The molecule has 0 bridgehead atoms. The van der Waals surface area contributed by atoms with Crippen LogP contribution in [0.1, 0.15) is 52.7 Å². The first kappa shape index (κ1) is 25.5. The Kier molecular flexibility index (Phi) is 9.86. The third-order valence-corrected chi connectivity index (χ3v) is 5.58. The highest BCUT2D eigenvalue weighted by molar-refractivity contribution is 7.11. The third-order valence-electron chi connectivity index (χ3n) is 4.84. The van der Waals surface area contributed by atoms with Gasteiger partial charge >= 0.3 is 12.0 Å². The van der Waals surface area contributed by atoms with Gasteiger partial charge in [0, 0.05) is 12.1 Å². The van der Waals surface area contributed by atoms with Gasteiger partial charge in [-0.05, 0) is 76.1 Å². The quantitative estimate of drug-likeness (QED) is 0.400. The molecule has 0 atom stereocenters. The van der Waals surface area contributed by atoms with E-state index >= 15 is 0 Å². The molecule has 0 saturated carbocycles. The lowest BCUT2D eigenvalue weighted by Gasteiger charge is -2.10. The SMILES string of the molecule is Cc1cc(C)c(COc2nsc(NC(=O)NCCCCCCN(C)C)c2C(=O)O)c(F)c1. The molecule has 32 heavy (non-hydrogen) atoms. The summed E-state index contributed by atoms with van der Waals surface area (Å²) in [7, 11) is 4.07. The van der Waals surface area contributed by atoms with Crippen LogP contribution in [-0.4, -0.2) is 53.6 Å². The molecule has 0 radical (unpaired) electrons. The topological polar surface area (TPSA) is 104 Å². The van der Waals surface area contributed by atoms with Crippen LogP contribution in [0, 0.1) is 19.7 Å². The summed E-state index contributed by atoms with van der Waals surface area (Å²) in [6.07, 6.45) is 4.03. The van der Waals surface area contributed by atoms with E-state index in [-0.39, 0.29) is 23.1 Å². The van der Waals surface area contributed by atoms with Crippen molar-refractivity contribution in [2.75, 3.05) is 32.5 Å². The fraction of sp³-hybridized carbons (Fsp3) is 0.500. The van der Waals surface area contributed by atoms with E-state index < -0.39 is 17.8 Å². The first-order chi connectivity index (χ1) is 15.2. The highest BCUT2D eigenvalue weighted by Gasteiger charge is 2.24. The van der Waals surface area contributed by atoms with Crippen LogP contribution in [0.5, 0.6) is 5.88 Å². The Morgan fingerprint density at radius 2 is 1.91 bits per heavy atom. The Labute approximate surface area is 191 Å². The predicted molar refractivity (Wildman–Crippen MR) is 123 cm³/mol. The second-order valence-corrected chi connectivity index (χ2v) is 8.70. The molecule has 0 aliphatic rings. The van der Waals surface area contributed by atoms with Gasteiger partial charge in [0.1, 0.15) is 17.4 Å². The monoisotopic (exact) mass is 466 g/mol. The van der Waals surface area contributed by atoms with Gasteiger partial charge in [0.15, 0.2) is 5.56 Å². The van der Waals surface area contributed by atoms with Crippen molar-refractivity contribution < 1.29 is 23.8 Å². The molecule has 0 unspecified atom stereocenters. The Balaban J connectivity index is 1.90. The maximum absolute atomic E-state index is 14.2. The summed E-state index contributed by atoms with van der Waals surface area (Å²) in [5.41, 5.74) is 1.57. The van der Waals surface area contributed by atoms with Gasteiger partial charge in [-0.1, -0.05) is 18.9 Å². The van der Waals surface area contributed by atoms with Crippen LogP contribution in [0.3, 0.4) is 0 Å². The number of carbonyl (C=O) groups is 2. The summed E-state index contributed by atoms with van der Waals surface area (Å²) in [6.45, 7) is 4.91. The van der Waals surface area contributed by atoms with E-state index in [9.17, 15) is 19.1 Å². The zero-order chi connectivity index (χ0) is 23.7. The van der Waals surface area contributed by atoms with Gasteiger partial charge in [-0.25, -0.2) is 14.0 Å². The van der Waals surface area contributed by atoms with Gasteiger partial charge in [0.2, 0.25) is 5.88 Å². The maximum Gasteiger partial charge on any atom is 0.344 e. The van der Waals surface area contributed by atoms with Gasteiger partial charge < -0.3 is 20.1 Å². The van der Waals surface area contributed by atoms with Gasteiger partial charge in [0.05, 0.1) is 0 Å². The Morgan fingerprint density at radius 1 is 1.19 bits per heavy atom. The molecule has 8 nitrogen and oxygen atoms in total. The standard InChI is InChI=1S/C22H31FN4O4S/c1-14-11-15(2)16(17(23)12-14)13-31-19-18(21(28)29)20(32-26-19)25-22(30)24-9-7-5-6-8-10-27(3)4/h11-12H,5-10,13H2,1-4H3,(H,28,29)(H2,24,25,30). The van der Waals surface area contributed by atoms with E-state index in [1.807, 2.05) is 20.2 Å². The minimum atomic E-state index is -1.29. The molecular formula is C22H31FN4O4S. The number of carboxylic acid groups (broad SMARTS) is 1. The summed E-state index contributed by atoms with van der Waals surface area (Å²) in [5, 5.41) is 14.9. The minimum absolute atomic E-state index is 0.0667. The molecule has 1 heterocycles. The van der Waals surface area contributed by atoms with E-state index in [1.54, 1.807) is 13.8 Å². The number of benzene rings is 1. The van der Waals surface area contributed by atoms with Gasteiger partial charge in [-0.15, -0.1) is 0 Å². The molecule has 0 fully saturated rings. The first-order valence-electron chi connectivity index (χ1n) is 10.5. The fourth-order valence-corrected chi connectivity index (χ4v) is 3.90. The van der Waals surface area contributed by atoms with E-state index in [0.29, 0.717) is 17.7 Å². The number of ether oxygens (including phenoxy) is 1. The van der Waals surface area contributed by atoms with Crippen molar-refractivity contribution in [2.45, 2.75) is 46.1 Å². The number of aromatic nitrogens is 1. The van der Waals surface area contributed by atoms with Crippen LogP contribution in [0.2, 0.25) is 0 Å². The summed E-state index contributed by atoms with van der Waals surface area (Å²) >= 11 is 0.806. The Hall–Kier alpha value is -2.72. The van der Waals surface area contributed by atoms with E-state index in [4.69, 9.17) is 4.74 Å². The molecule has 0 aliphatic carbocycles. The maximum atomic E-state index is 14.2. The van der Waals surface area contributed by atoms with Crippen molar-refractivity contribution in [3.05, 3.63) is 40.2 Å². The average molecular weight is 467 g/mol. The van der Waals surface area contributed by atoms with Gasteiger partial charge in [-0.3, -0.25) is 5.32 Å². The number of hydrogen-bond acceptors (Lipinski definition) is 6.